The Balaban J connectivity index is 1.79. The molecule has 1 aromatic heterocycles. The van der Waals surface area contributed by atoms with Crippen LogP contribution >= 0.6 is 0 Å². The zero-order chi connectivity index (χ0) is 18.1. The molecule has 1 aromatic carbocycles. The smallest absolute Gasteiger partial charge is 0.380 e. The van der Waals surface area contributed by atoms with Gasteiger partial charge in [0.1, 0.15) is 0 Å². The van der Waals surface area contributed by atoms with Gasteiger partial charge in [0.25, 0.3) is 5.91 Å². The number of ether oxygens (including phenoxy) is 1. The van der Waals surface area contributed by atoms with Crippen LogP contribution in [0.2, 0.25) is 0 Å². The second-order valence-electron chi connectivity index (χ2n) is 5.34. The van der Waals surface area contributed by atoms with E-state index in [-0.39, 0.29) is 17.0 Å². The molecule has 0 aliphatic carbocycles. The number of aromatic nitrogens is 2. The topological polar surface area (TPSA) is 97.8 Å². The molecule has 3 rings (SSSR count). The van der Waals surface area contributed by atoms with Gasteiger partial charge < -0.3 is 13.8 Å². The molecule has 0 spiro atoms. The SMILES string of the molecule is O=C(N=[SH]1(O)CCOCC1)c1ccc(-c2noc(C(F)(F)F)n2)cc1. The molecule has 0 radical (unpaired) electrons. The van der Waals surface area contributed by atoms with Crippen LogP contribution in [0.25, 0.3) is 11.4 Å². The third-order valence-electron chi connectivity index (χ3n) is 3.52. The molecule has 1 fully saturated rings. The first-order valence-corrected chi connectivity index (χ1v) is 9.30. The molecule has 2 heterocycles. The highest BCUT2D eigenvalue weighted by atomic mass is 32.3. The summed E-state index contributed by atoms with van der Waals surface area (Å²) in [4.78, 5) is 15.4. The summed E-state index contributed by atoms with van der Waals surface area (Å²) in [7, 11) is -2.68. The normalized spacial score (nSPS) is 18.6. The summed E-state index contributed by atoms with van der Waals surface area (Å²) in [6.07, 6.45) is -4.72. The van der Waals surface area contributed by atoms with Crippen LogP contribution in [-0.4, -0.2) is 45.3 Å². The maximum atomic E-state index is 12.5. The van der Waals surface area contributed by atoms with Crippen molar-refractivity contribution in [1.82, 2.24) is 10.1 Å². The molecule has 0 saturated carbocycles. The first-order chi connectivity index (χ1) is 11.8. The first kappa shape index (κ1) is 17.7. The summed E-state index contributed by atoms with van der Waals surface area (Å²) in [5.41, 5.74) is 0.471. The summed E-state index contributed by atoms with van der Waals surface area (Å²) in [5, 5.41) is 3.27. The predicted molar refractivity (Wildman–Crippen MR) is 83.4 cm³/mol. The maximum Gasteiger partial charge on any atom is 0.471 e. The zero-order valence-electron chi connectivity index (χ0n) is 12.7. The van der Waals surface area contributed by atoms with Gasteiger partial charge in [-0.15, -0.1) is 0 Å². The molecule has 136 valence electrons. The van der Waals surface area contributed by atoms with Gasteiger partial charge in [-0.2, -0.15) is 22.5 Å². The van der Waals surface area contributed by atoms with Crippen LogP contribution in [0.15, 0.2) is 33.2 Å². The lowest BCUT2D eigenvalue weighted by Crippen LogP contribution is -2.32. The number of amides is 1. The minimum Gasteiger partial charge on any atom is -0.380 e. The van der Waals surface area contributed by atoms with Crippen LogP contribution in [0.5, 0.6) is 0 Å². The van der Waals surface area contributed by atoms with E-state index in [1.807, 2.05) is 0 Å². The lowest BCUT2D eigenvalue weighted by molar-refractivity contribution is -0.159. The third-order valence-corrected chi connectivity index (χ3v) is 5.87. The highest BCUT2D eigenvalue weighted by Gasteiger charge is 2.38. The van der Waals surface area contributed by atoms with Crippen LogP contribution in [0.3, 0.4) is 0 Å². The van der Waals surface area contributed by atoms with Gasteiger partial charge in [-0.25, -0.2) is 0 Å². The standard InChI is InChI=1S/C14H14F3N3O4S/c15-14(16,17)13-18-11(19-24-13)9-1-3-10(4-2-9)12(21)20-25(22)7-5-23-6-8-25/h1-4,25H,5-8H2,(H,20,21,22). The molecule has 1 N–H and O–H groups in total. The van der Waals surface area contributed by atoms with Crippen molar-refractivity contribution >= 4 is 16.0 Å². The average molecular weight is 377 g/mol. The van der Waals surface area contributed by atoms with E-state index in [4.69, 9.17) is 4.74 Å². The molecule has 2 aromatic rings. The van der Waals surface area contributed by atoms with Crippen LogP contribution in [0.1, 0.15) is 16.2 Å². The lowest BCUT2D eigenvalue weighted by atomic mass is 10.1. The Hall–Kier alpha value is -2.11. The number of thiol groups is 1. The highest BCUT2D eigenvalue weighted by Crippen LogP contribution is 2.29. The third kappa shape index (κ3) is 4.11. The Labute approximate surface area is 141 Å². The van der Waals surface area contributed by atoms with E-state index in [2.05, 4.69) is 19.0 Å². The minimum absolute atomic E-state index is 0.211. The lowest BCUT2D eigenvalue weighted by Gasteiger charge is -2.27. The van der Waals surface area contributed by atoms with Crippen molar-refractivity contribution < 1.29 is 31.8 Å². The molecule has 0 unspecified atom stereocenters. The largest absolute Gasteiger partial charge is 0.471 e. The van der Waals surface area contributed by atoms with Crippen molar-refractivity contribution in [1.29, 1.82) is 0 Å². The minimum atomic E-state index is -4.72. The molecule has 1 amide bonds. The van der Waals surface area contributed by atoms with E-state index in [1.165, 1.54) is 24.3 Å². The molecule has 0 atom stereocenters. The van der Waals surface area contributed by atoms with Gasteiger partial charge in [0.05, 0.1) is 13.2 Å². The van der Waals surface area contributed by atoms with Gasteiger partial charge in [-0.05, 0) is 12.1 Å². The predicted octanol–water partition coefficient (Wildman–Crippen LogP) is 2.47. The van der Waals surface area contributed by atoms with Crippen molar-refractivity contribution in [3.8, 4) is 11.4 Å². The summed E-state index contributed by atoms with van der Waals surface area (Å²) in [6, 6.07) is 5.55. The van der Waals surface area contributed by atoms with Gasteiger partial charge >= 0.3 is 12.1 Å². The maximum absolute atomic E-state index is 12.5. The second-order valence-corrected chi connectivity index (χ2v) is 8.19. The van der Waals surface area contributed by atoms with Gasteiger partial charge in [0, 0.05) is 22.6 Å². The number of benzene rings is 1. The van der Waals surface area contributed by atoms with Crippen LogP contribution in [0.4, 0.5) is 13.2 Å². The van der Waals surface area contributed by atoms with E-state index < -0.39 is 28.1 Å². The van der Waals surface area contributed by atoms with Crippen molar-refractivity contribution in [2.24, 2.45) is 4.36 Å². The number of halogens is 3. The highest BCUT2D eigenvalue weighted by molar-refractivity contribution is 8.00. The Morgan fingerprint density at radius 2 is 1.84 bits per heavy atom. The Morgan fingerprint density at radius 1 is 1.20 bits per heavy atom. The van der Waals surface area contributed by atoms with Gasteiger partial charge in [0.15, 0.2) is 0 Å². The molecule has 0 bridgehead atoms. The quantitative estimate of drug-likeness (QED) is 0.781. The van der Waals surface area contributed by atoms with Gasteiger partial charge in [-0.3, -0.25) is 4.79 Å². The van der Waals surface area contributed by atoms with E-state index >= 15 is 0 Å². The van der Waals surface area contributed by atoms with Crippen molar-refractivity contribution in [2.45, 2.75) is 6.18 Å². The monoisotopic (exact) mass is 377 g/mol. The number of hydrogen-bond acceptors (Lipinski definition) is 5. The summed E-state index contributed by atoms with van der Waals surface area (Å²) >= 11 is 0. The van der Waals surface area contributed by atoms with Gasteiger partial charge in [-0.1, -0.05) is 27.4 Å². The summed E-state index contributed by atoms with van der Waals surface area (Å²) in [6.45, 7) is 0.721. The van der Waals surface area contributed by atoms with Gasteiger partial charge in [0.2, 0.25) is 5.82 Å². The van der Waals surface area contributed by atoms with Crippen LogP contribution in [0, 0.1) is 0 Å². The molecule has 25 heavy (non-hydrogen) atoms. The second kappa shape index (κ2) is 6.65. The average Bonchev–Trinajstić information content (AvgIpc) is 3.05. The number of carbonyl (C=O) groups is 1. The van der Waals surface area contributed by atoms with Crippen molar-refractivity contribution in [3.63, 3.8) is 0 Å². The fraction of sp³-hybridized carbons (Fsp3) is 0.357. The van der Waals surface area contributed by atoms with E-state index in [1.54, 1.807) is 0 Å². The van der Waals surface area contributed by atoms with Crippen molar-refractivity contribution in [3.05, 3.63) is 35.7 Å². The molecular formula is C14H14F3N3O4S. The zero-order valence-corrected chi connectivity index (χ0v) is 13.6. The Kier molecular flexibility index (Phi) is 4.71. The fourth-order valence-corrected chi connectivity index (χ4v) is 3.90. The molecule has 1 aliphatic rings. The number of rotatable bonds is 2. The fourth-order valence-electron chi connectivity index (χ4n) is 2.18. The number of carbonyl (C=O) groups excluding carboxylic acids is 1. The number of nitrogens with zero attached hydrogens (tertiary/aromatic N) is 3. The van der Waals surface area contributed by atoms with E-state index in [9.17, 15) is 22.5 Å². The molecule has 1 aliphatic heterocycles. The van der Waals surface area contributed by atoms with E-state index in [0.29, 0.717) is 24.7 Å². The van der Waals surface area contributed by atoms with Crippen molar-refractivity contribution in [2.75, 3.05) is 24.7 Å². The molecule has 7 nitrogen and oxygen atoms in total. The Morgan fingerprint density at radius 3 is 2.40 bits per heavy atom. The molecular weight excluding hydrogens is 363 g/mol. The summed E-state index contributed by atoms with van der Waals surface area (Å²) in [5.74, 6) is -1.59. The molecule has 11 heteroatoms. The van der Waals surface area contributed by atoms with Crippen LogP contribution in [-0.2, 0) is 21.0 Å². The molecule has 1 saturated heterocycles. The van der Waals surface area contributed by atoms with Crippen LogP contribution < -0.4 is 0 Å². The number of alkyl halides is 3. The number of hydrogen-bond donors (Lipinski definition) is 2. The first-order valence-electron chi connectivity index (χ1n) is 7.23. The summed E-state index contributed by atoms with van der Waals surface area (Å²) < 4.78 is 60.9. The van der Waals surface area contributed by atoms with E-state index in [0.717, 1.165) is 0 Å². The Bertz CT molecular complexity index is 823.